The molecule has 0 saturated carbocycles. The van der Waals surface area contributed by atoms with E-state index in [0.717, 1.165) is 16.8 Å². The van der Waals surface area contributed by atoms with E-state index in [-0.39, 0.29) is 24.4 Å². The standard InChI is InChI=1S/C25H25N5O2/c1-17-7-5-10-19(13-17)28(2)24(31)15-29-25(32)23-14-22(27-30(23)16-26-29)21-12-6-9-18-8-3-4-11-20(18)21/h3-13,16,22-23,27H,14-15H2,1-2H3. The van der Waals surface area contributed by atoms with E-state index in [1.165, 1.54) is 15.8 Å². The van der Waals surface area contributed by atoms with Crippen molar-refractivity contribution in [2.45, 2.75) is 25.4 Å². The van der Waals surface area contributed by atoms with Crippen molar-refractivity contribution in [1.29, 1.82) is 0 Å². The van der Waals surface area contributed by atoms with Crippen LogP contribution >= 0.6 is 0 Å². The molecule has 2 atom stereocenters. The summed E-state index contributed by atoms with van der Waals surface area (Å²) in [5.74, 6) is -0.361. The van der Waals surface area contributed by atoms with Gasteiger partial charge in [0.15, 0.2) is 0 Å². The van der Waals surface area contributed by atoms with Crippen LogP contribution in [0.1, 0.15) is 23.6 Å². The normalized spacial score (nSPS) is 20.0. The molecule has 5 rings (SSSR count). The van der Waals surface area contributed by atoms with E-state index in [1.807, 2.05) is 49.4 Å². The summed E-state index contributed by atoms with van der Waals surface area (Å²) >= 11 is 0. The Hall–Kier alpha value is -3.71. The van der Waals surface area contributed by atoms with Gasteiger partial charge in [0.25, 0.3) is 5.91 Å². The van der Waals surface area contributed by atoms with E-state index >= 15 is 0 Å². The summed E-state index contributed by atoms with van der Waals surface area (Å²) in [6.45, 7) is 1.89. The molecular formula is C25H25N5O2. The second kappa shape index (κ2) is 8.09. The van der Waals surface area contributed by atoms with Crippen LogP contribution in [0.25, 0.3) is 10.8 Å². The van der Waals surface area contributed by atoms with Crippen molar-refractivity contribution in [3.05, 3.63) is 77.9 Å². The minimum Gasteiger partial charge on any atom is -0.314 e. The van der Waals surface area contributed by atoms with Crippen LogP contribution in [-0.4, -0.2) is 47.8 Å². The molecule has 7 nitrogen and oxygen atoms in total. The van der Waals surface area contributed by atoms with Crippen molar-refractivity contribution in [2.75, 3.05) is 18.5 Å². The van der Waals surface area contributed by atoms with Gasteiger partial charge < -0.3 is 4.90 Å². The number of benzene rings is 3. The summed E-state index contributed by atoms with van der Waals surface area (Å²) in [5, 5.41) is 9.64. The fourth-order valence-corrected chi connectivity index (χ4v) is 4.42. The number of hydrazone groups is 1. The number of likely N-dealkylation sites (N-methyl/N-ethyl adjacent to an activating group) is 1. The topological polar surface area (TPSA) is 68.2 Å². The molecule has 0 aromatic heterocycles. The van der Waals surface area contributed by atoms with Gasteiger partial charge in [0.1, 0.15) is 18.9 Å². The summed E-state index contributed by atoms with van der Waals surface area (Å²) < 4.78 is 0. The molecular weight excluding hydrogens is 402 g/mol. The first kappa shape index (κ1) is 20.2. The zero-order valence-electron chi connectivity index (χ0n) is 18.1. The van der Waals surface area contributed by atoms with Crippen LogP contribution in [0.5, 0.6) is 0 Å². The predicted molar refractivity (Wildman–Crippen MR) is 125 cm³/mol. The van der Waals surface area contributed by atoms with Crippen LogP contribution in [0.2, 0.25) is 0 Å². The van der Waals surface area contributed by atoms with Gasteiger partial charge in [0.05, 0.1) is 6.04 Å². The lowest BCUT2D eigenvalue weighted by Gasteiger charge is -2.30. The molecule has 1 N–H and O–H groups in total. The maximum absolute atomic E-state index is 13.2. The molecule has 2 unspecified atom stereocenters. The summed E-state index contributed by atoms with van der Waals surface area (Å²) in [6.07, 6.45) is 2.22. The lowest BCUT2D eigenvalue weighted by Crippen LogP contribution is -2.52. The van der Waals surface area contributed by atoms with Gasteiger partial charge in [-0.15, -0.1) is 0 Å². The van der Waals surface area contributed by atoms with Crippen molar-refractivity contribution >= 4 is 34.6 Å². The van der Waals surface area contributed by atoms with Crippen LogP contribution in [-0.2, 0) is 9.59 Å². The van der Waals surface area contributed by atoms with E-state index in [0.29, 0.717) is 6.42 Å². The third-order valence-electron chi connectivity index (χ3n) is 6.20. The number of nitrogens with zero attached hydrogens (tertiary/aromatic N) is 4. The smallest absolute Gasteiger partial charge is 0.267 e. The Bertz CT molecular complexity index is 1220. The number of hydrogen-bond acceptors (Lipinski definition) is 5. The molecule has 0 bridgehead atoms. The van der Waals surface area contributed by atoms with E-state index in [2.05, 4.69) is 34.8 Å². The molecule has 3 aromatic rings. The summed E-state index contributed by atoms with van der Waals surface area (Å²) in [4.78, 5) is 27.5. The molecule has 0 radical (unpaired) electrons. The Kier molecular flexibility index (Phi) is 5.11. The predicted octanol–water partition coefficient (Wildman–Crippen LogP) is 3.22. The maximum Gasteiger partial charge on any atom is 0.267 e. The SMILES string of the molecule is Cc1cccc(N(C)C(=O)CN2N=CN3NC(c4cccc5ccccc45)CC3C2=O)c1. The largest absolute Gasteiger partial charge is 0.314 e. The van der Waals surface area contributed by atoms with Gasteiger partial charge in [-0.1, -0.05) is 54.6 Å². The highest BCUT2D eigenvalue weighted by molar-refractivity contribution is 5.98. The molecule has 1 fully saturated rings. The highest BCUT2D eigenvalue weighted by Gasteiger charge is 2.41. The third kappa shape index (κ3) is 3.61. The first-order valence-electron chi connectivity index (χ1n) is 10.7. The summed E-state index contributed by atoms with van der Waals surface area (Å²) in [5.41, 5.74) is 6.42. The van der Waals surface area contributed by atoms with Crippen molar-refractivity contribution in [3.63, 3.8) is 0 Å². The van der Waals surface area contributed by atoms with Crippen LogP contribution in [0.15, 0.2) is 71.8 Å². The van der Waals surface area contributed by atoms with Crippen molar-refractivity contribution < 1.29 is 9.59 Å². The minimum absolute atomic E-state index is 0.00730. The molecule has 7 heteroatoms. The summed E-state index contributed by atoms with van der Waals surface area (Å²) in [6, 6.07) is 21.8. The second-order valence-corrected chi connectivity index (χ2v) is 8.33. The van der Waals surface area contributed by atoms with E-state index in [1.54, 1.807) is 23.3 Å². The van der Waals surface area contributed by atoms with Gasteiger partial charge in [0, 0.05) is 12.7 Å². The monoisotopic (exact) mass is 427 g/mol. The van der Waals surface area contributed by atoms with E-state index < -0.39 is 6.04 Å². The second-order valence-electron chi connectivity index (χ2n) is 8.33. The minimum atomic E-state index is -0.395. The molecule has 162 valence electrons. The summed E-state index contributed by atoms with van der Waals surface area (Å²) in [7, 11) is 1.72. The Morgan fingerprint density at radius 1 is 1.12 bits per heavy atom. The van der Waals surface area contributed by atoms with Crippen molar-refractivity contribution in [1.82, 2.24) is 15.4 Å². The number of aryl methyl sites for hydroxylation is 1. The highest BCUT2D eigenvalue weighted by atomic mass is 16.2. The van der Waals surface area contributed by atoms with Gasteiger partial charge in [-0.2, -0.15) is 5.10 Å². The Morgan fingerprint density at radius 2 is 1.91 bits per heavy atom. The number of anilines is 1. The number of nitrogens with one attached hydrogen (secondary N) is 1. The number of hydrogen-bond donors (Lipinski definition) is 1. The van der Waals surface area contributed by atoms with Crippen molar-refractivity contribution in [3.8, 4) is 0 Å². The molecule has 2 aliphatic heterocycles. The lowest BCUT2D eigenvalue weighted by molar-refractivity contribution is -0.139. The van der Waals surface area contributed by atoms with Gasteiger partial charge in [-0.05, 0) is 47.4 Å². The third-order valence-corrected chi connectivity index (χ3v) is 6.20. The number of amides is 2. The number of rotatable bonds is 4. The maximum atomic E-state index is 13.2. The fourth-order valence-electron chi connectivity index (χ4n) is 4.42. The van der Waals surface area contributed by atoms with Gasteiger partial charge in [0.2, 0.25) is 5.91 Å². The molecule has 2 amide bonds. The zero-order chi connectivity index (χ0) is 22.2. The molecule has 3 aromatic carbocycles. The molecule has 32 heavy (non-hydrogen) atoms. The number of hydrazine groups is 1. The fraction of sp³-hybridized carbons (Fsp3) is 0.240. The van der Waals surface area contributed by atoms with Crippen LogP contribution < -0.4 is 10.3 Å². The van der Waals surface area contributed by atoms with E-state index in [4.69, 9.17) is 0 Å². The zero-order valence-corrected chi connectivity index (χ0v) is 18.1. The van der Waals surface area contributed by atoms with Gasteiger partial charge >= 0.3 is 0 Å². The van der Waals surface area contributed by atoms with Crippen LogP contribution in [0.3, 0.4) is 0 Å². The van der Waals surface area contributed by atoms with Gasteiger partial charge in [-0.25, -0.2) is 10.4 Å². The lowest BCUT2D eigenvalue weighted by atomic mass is 9.96. The average molecular weight is 428 g/mol. The Balaban J connectivity index is 1.31. The van der Waals surface area contributed by atoms with Gasteiger partial charge in [-0.3, -0.25) is 14.6 Å². The van der Waals surface area contributed by atoms with Crippen LogP contribution in [0.4, 0.5) is 5.69 Å². The number of fused-ring (bicyclic) bond motifs is 2. The first-order chi connectivity index (χ1) is 15.5. The Labute approximate surface area is 186 Å². The molecule has 2 heterocycles. The molecule has 1 saturated heterocycles. The quantitative estimate of drug-likeness (QED) is 0.694. The highest BCUT2D eigenvalue weighted by Crippen LogP contribution is 2.33. The van der Waals surface area contributed by atoms with E-state index in [9.17, 15) is 9.59 Å². The Morgan fingerprint density at radius 3 is 2.75 bits per heavy atom. The molecule has 0 aliphatic carbocycles. The van der Waals surface area contributed by atoms with Crippen molar-refractivity contribution in [2.24, 2.45) is 5.10 Å². The molecule has 0 spiro atoms. The van der Waals surface area contributed by atoms with Crippen LogP contribution in [0, 0.1) is 6.92 Å². The number of carbonyl (C=O) groups is 2. The average Bonchev–Trinajstić information content (AvgIpc) is 3.25. The first-order valence-corrected chi connectivity index (χ1v) is 10.7. The molecule has 2 aliphatic rings. The number of carbonyl (C=O) groups excluding carboxylic acids is 2.